The summed E-state index contributed by atoms with van der Waals surface area (Å²) in [6, 6.07) is 0. The summed E-state index contributed by atoms with van der Waals surface area (Å²) in [6.45, 7) is 9.71. The Bertz CT molecular complexity index is 2070. The zero-order valence-corrected chi connectivity index (χ0v) is 73.0. The quantitative estimate of drug-likeness (QED) is 0.0222. The summed E-state index contributed by atoms with van der Waals surface area (Å²) in [5, 5.41) is 10.7. The van der Waals surface area contributed by atoms with Gasteiger partial charge in [-0.15, -0.1) is 0 Å². The molecule has 19 heteroatoms. The Morgan fingerprint density at radius 3 is 0.704 bits per heavy atom. The van der Waals surface area contributed by atoms with Crippen molar-refractivity contribution in [2.24, 2.45) is 11.8 Å². The van der Waals surface area contributed by atoms with Crippen molar-refractivity contribution in [3.05, 3.63) is 0 Å². The van der Waals surface area contributed by atoms with Crippen LogP contribution in [-0.4, -0.2) is 96.7 Å². The maximum atomic E-state index is 13.2. The molecule has 0 heterocycles. The van der Waals surface area contributed by atoms with E-state index in [0.717, 1.165) is 102 Å². The molecule has 0 aliphatic rings. The zero-order chi connectivity index (χ0) is 79.2. The number of aliphatic hydroxyl groups is 1. The lowest BCUT2D eigenvalue weighted by Crippen LogP contribution is -2.30. The van der Waals surface area contributed by atoms with Crippen LogP contribution in [0.15, 0.2) is 0 Å². The molecule has 0 fully saturated rings. The molecule has 108 heavy (non-hydrogen) atoms. The number of aliphatic hydroxyl groups excluding tert-OH is 1. The zero-order valence-electron chi connectivity index (χ0n) is 71.2. The van der Waals surface area contributed by atoms with E-state index >= 15 is 0 Å². The smallest absolute Gasteiger partial charge is 0.462 e. The number of unbranched alkanes of at least 4 members (excludes halogenated alkanes) is 57. The van der Waals surface area contributed by atoms with Gasteiger partial charge < -0.3 is 33.8 Å². The van der Waals surface area contributed by atoms with Gasteiger partial charge in [-0.2, -0.15) is 0 Å². The predicted octanol–water partition coefficient (Wildman–Crippen LogP) is 27.4. The van der Waals surface area contributed by atoms with E-state index in [1.165, 1.54) is 295 Å². The van der Waals surface area contributed by atoms with Crippen molar-refractivity contribution in [1.82, 2.24) is 0 Å². The Morgan fingerprint density at radius 1 is 0.269 bits per heavy atom. The number of ether oxygens (including phenoxy) is 4. The molecule has 0 spiro atoms. The van der Waals surface area contributed by atoms with Gasteiger partial charge in [0, 0.05) is 25.7 Å². The van der Waals surface area contributed by atoms with Crippen LogP contribution >= 0.6 is 15.6 Å². The Balaban J connectivity index is 5.20. The lowest BCUT2D eigenvalue weighted by Gasteiger charge is -2.21. The molecule has 17 nitrogen and oxygen atoms in total. The van der Waals surface area contributed by atoms with Gasteiger partial charge in [0.2, 0.25) is 0 Å². The molecule has 0 radical (unpaired) electrons. The summed E-state index contributed by atoms with van der Waals surface area (Å²) < 4.78 is 68.9. The fraction of sp³-hybridized carbons (Fsp3) is 0.955. The van der Waals surface area contributed by atoms with Crippen molar-refractivity contribution in [2.75, 3.05) is 39.6 Å². The van der Waals surface area contributed by atoms with Gasteiger partial charge in [-0.1, -0.05) is 427 Å². The van der Waals surface area contributed by atoms with Crippen molar-refractivity contribution in [1.29, 1.82) is 0 Å². The number of phosphoric acid groups is 2. The van der Waals surface area contributed by atoms with Crippen molar-refractivity contribution in [3.63, 3.8) is 0 Å². The summed E-state index contributed by atoms with van der Waals surface area (Å²) in [7, 11) is -9.93. The van der Waals surface area contributed by atoms with Crippen molar-refractivity contribution >= 4 is 39.5 Å². The van der Waals surface area contributed by atoms with E-state index < -0.39 is 97.5 Å². The molecular formula is C89H174O17P2. The summed E-state index contributed by atoms with van der Waals surface area (Å²) in [4.78, 5) is 73.3. The molecule has 0 amide bonds. The van der Waals surface area contributed by atoms with Crippen LogP contribution in [0.1, 0.15) is 478 Å². The van der Waals surface area contributed by atoms with Crippen LogP contribution in [0.3, 0.4) is 0 Å². The number of hydrogen-bond donors (Lipinski definition) is 3. The normalized spacial score (nSPS) is 14.0. The van der Waals surface area contributed by atoms with E-state index in [4.69, 9.17) is 37.0 Å². The number of phosphoric ester groups is 2. The van der Waals surface area contributed by atoms with E-state index in [0.29, 0.717) is 25.7 Å². The van der Waals surface area contributed by atoms with Crippen LogP contribution < -0.4 is 0 Å². The Kier molecular flexibility index (Phi) is 78.8. The van der Waals surface area contributed by atoms with Crippen LogP contribution in [0.4, 0.5) is 0 Å². The summed E-state index contributed by atoms with van der Waals surface area (Å²) in [5.74, 6) is -0.503. The summed E-state index contributed by atoms with van der Waals surface area (Å²) >= 11 is 0. The highest BCUT2D eigenvalue weighted by Gasteiger charge is 2.31. The molecule has 3 unspecified atom stereocenters. The Morgan fingerprint density at radius 2 is 0.472 bits per heavy atom. The largest absolute Gasteiger partial charge is 0.472 e. The third-order valence-electron chi connectivity index (χ3n) is 21.3. The molecule has 0 bridgehead atoms. The molecule has 0 aromatic rings. The first-order chi connectivity index (χ1) is 52.4. The summed E-state index contributed by atoms with van der Waals surface area (Å²) in [6.07, 6.45) is 73.8. The standard InChI is InChI=1S/C89H174O17P2/c1-7-10-12-14-16-18-20-22-23-24-25-26-27-28-32-35-39-42-46-53-59-65-71-86(91)99-77-84(105-89(94)74-68-62-56-48-44-40-36-33-30-29-31-34-38-41-45-52-58-64-70-82(6)9-3)79-103-107(95,96)101-75-83(90)76-102-108(97,98)104-80-85(78-100-87(92)72-66-60-54-50-49-51-57-63-69-81(4)5)106-88(93)73-67-61-55-47-43-37-21-19-17-15-13-11-8-2/h81-85,90H,7-80H2,1-6H3,(H,95,96)(H,97,98)/t82?,83-,84-,85-/m1/s1. The molecule has 0 aromatic heterocycles. The van der Waals surface area contributed by atoms with E-state index in [1.54, 1.807) is 0 Å². The van der Waals surface area contributed by atoms with Gasteiger partial charge in [0.1, 0.15) is 19.3 Å². The number of hydrogen-bond acceptors (Lipinski definition) is 15. The SMILES string of the molecule is CCCCCCCCCCCCCCCCCCCCCCCCC(=O)OC[C@H](COP(=O)(O)OC[C@@H](O)COP(=O)(O)OC[C@@H](COC(=O)CCCCCCCCCCC(C)C)OC(=O)CCCCCCCCCCCCCCC)OC(=O)CCCCCCCCCCCCCCCCCCCCC(C)CC. The molecule has 0 saturated heterocycles. The fourth-order valence-corrected chi connectivity index (χ4v) is 15.5. The number of rotatable bonds is 88. The Labute approximate surface area is 664 Å². The number of carbonyl (C=O) groups excluding carboxylic acids is 4. The molecule has 0 saturated carbocycles. The highest BCUT2D eigenvalue weighted by molar-refractivity contribution is 7.47. The number of carbonyl (C=O) groups is 4. The van der Waals surface area contributed by atoms with E-state index in [1.807, 2.05) is 0 Å². The van der Waals surface area contributed by atoms with Crippen molar-refractivity contribution in [2.45, 2.75) is 496 Å². The average Bonchev–Trinajstić information content (AvgIpc) is 0.906. The Hall–Kier alpha value is -1.94. The minimum absolute atomic E-state index is 0.107. The van der Waals surface area contributed by atoms with Gasteiger partial charge in [0.25, 0.3) is 0 Å². The van der Waals surface area contributed by atoms with Crippen molar-refractivity contribution in [3.8, 4) is 0 Å². The molecule has 0 aliphatic carbocycles. The van der Waals surface area contributed by atoms with Gasteiger partial charge in [-0.3, -0.25) is 37.3 Å². The molecular weight excluding hydrogens is 1400 g/mol. The highest BCUT2D eigenvalue weighted by atomic mass is 31.2. The molecule has 6 atom stereocenters. The fourth-order valence-electron chi connectivity index (χ4n) is 13.9. The second-order valence-corrected chi connectivity index (χ2v) is 35.6. The van der Waals surface area contributed by atoms with E-state index in [2.05, 4.69) is 41.5 Å². The first-order valence-corrected chi connectivity index (χ1v) is 49.0. The third-order valence-corrected chi connectivity index (χ3v) is 23.2. The average molecular weight is 1580 g/mol. The van der Waals surface area contributed by atoms with Crippen LogP contribution in [0.2, 0.25) is 0 Å². The van der Waals surface area contributed by atoms with Crippen molar-refractivity contribution < 1.29 is 80.2 Å². The third kappa shape index (κ3) is 80.7. The minimum Gasteiger partial charge on any atom is -0.462 e. The second-order valence-electron chi connectivity index (χ2n) is 32.7. The second kappa shape index (κ2) is 80.3. The summed E-state index contributed by atoms with van der Waals surface area (Å²) in [5.41, 5.74) is 0. The molecule has 0 aliphatic heterocycles. The number of esters is 4. The van der Waals surface area contributed by atoms with Crippen LogP contribution in [0.25, 0.3) is 0 Å². The maximum absolute atomic E-state index is 13.2. The lowest BCUT2D eigenvalue weighted by molar-refractivity contribution is -0.161. The van der Waals surface area contributed by atoms with Gasteiger partial charge >= 0.3 is 39.5 Å². The minimum atomic E-state index is -4.97. The van der Waals surface area contributed by atoms with E-state index in [9.17, 15) is 43.2 Å². The first kappa shape index (κ1) is 106. The van der Waals surface area contributed by atoms with Crippen LogP contribution in [0.5, 0.6) is 0 Å². The van der Waals surface area contributed by atoms with Gasteiger partial charge in [-0.05, 0) is 37.5 Å². The van der Waals surface area contributed by atoms with E-state index in [-0.39, 0.29) is 25.7 Å². The van der Waals surface area contributed by atoms with Gasteiger partial charge in [-0.25, -0.2) is 9.13 Å². The first-order valence-electron chi connectivity index (χ1n) is 46.0. The predicted molar refractivity (Wildman–Crippen MR) is 446 cm³/mol. The molecule has 3 N–H and O–H groups in total. The monoisotopic (exact) mass is 1580 g/mol. The molecule has 0 aromatic carbocycles. The molecule has 642 valence electrons. The van der Waals surface area contributed by atoms with Crippen LogP contribution in [-0.2, 0) is 65.4 Å². The highest BCUT2D eigenvalue weighted by Crippen LogP contribution is 2.45. The van der Waals surface area contributed by atoms with Gasteiger partial charge in [0.05, 0.1) is 26.4 Å². The van der Waals surface area contributed by atoms with Gasteiger partial charge in [0.15, 0.2) is 12.2 Å². The maximum Gasteiger partial charge on any atom is 0.472 e. The topological polar surface area (TPSA) is 237 Å². The van der Waals surface area contributed by atoms with Crippen LogP contribution in [0, 0.1) is 11.8 Å². The lowest BCUT2D eigenvalue weighted by atomic mass is 9.99. The molecule has 0 rings (SSSR count).